The highest BCUT2D eigenvalue weighted by molar-refractivity contribution is 5.92. The molecule has 0 atom stereocenters. The number of nitrogens with one attached hydrogen (secondary N) is 1. The minimum absolute atomic E-state index is 0.0201. The molecule has 0 bridgehead atoms. The first-order chi connectivity index (χ1) is 9.75. The van der Waals surface area contributed by atoms with E-state index >= 15 is 0 Å². The van der Waals surface area contributed by atoms with Crippen molar-refractivity contribution in [3.63, 3.8) is 0 Å². The highest BCUT2D eigenvalue weighted by atomic mass is 19.4. The van der Waals surface area contributed by atoms with E-state index in [1.54, 1.807) is 13.8 Å². The summed E-state index contributed by atoms with van der Waals surface area (Å²) in [5.41, 5.74) is 0.152. The number of carbonyl (C=O) groups excluding carboxylic acids is 1. The lowest BCUT2D eigenvalue weighted by Crippen LogP contribution is -2.15. The minimum atomic E-state index is -4.39. The number of amides is 1. The maximum absolute atomic E-state index is 12.4. The van der Waals surface area contributed by atoms with Crippen LogP contribution in [0.25, 0.3) is 0 Å². The third-order valence-electron chi connectivity index (χ3n) is 2.82. The molecule has 21 heavy (non-hydrogen) atoms. The van der Waals surface area contributed by atoms with Gasteiger partial charge in [0.05, 0.1) is 17.7 Å². The molecule has 0 spiro atoms. The van der Waals surface area contributed by atoms with E-state index in [1.807, 2.05) is 0 Å². The van der Waals surface area contributed by atoms with Crippen LogP contribution in [0.15, 0.2) is 28.7 Å². The number of halogens is 3. The van der Waals surface area contributed by atoms with E-state index in [0.29, 0.717) is 23.0 Å². The van der Waals surface area contributed by atoms with Crippen LogP contribution in [-0.4, -0.2) is 10.9 Å². The van der Waals surface area contributed by atoms with Gasteiger partial charge in [0.1, 0.15) is 5.76 Å². The number of aromatic nitrogens is 1. The fourth-order valence-corrected chi connectivity index (χ4v) is 1.83. The predicted octanol–water partition coefficient (Wildman–Crippen LogP) is 3.49. The fraction of sp³-hybridized carbons (Fsp3) is 0.286. The molecule has 0 radical (unpaired) electrons. The summed E-state index contributed by atoms with van der Waals surface area (Å²) in [5.74, 6) is 0.524. The van der Waals surface area contributed by atoms with Crippen LogP contribution in [0.4, 0.5) is 18.9 Å². The third kappa shape index (κ3) is 3.84. The fourth-order valence-electron chi connectivity index (χ4n) is 1.83. The molecule has 0 aliphatic heterocycles. The molecule has 0 fully saturated rings. The second kappa shape index (κ2) is 5.59. The molecule has 2 rings (SSSR count). The van der Waals surface area contributed by atoms with Crippen molar-refractivity contribution in [2.45, 2.75) is 26.4 Å². The highest BCUT2D eigenvalue weighted by Gasteiger charge is 2.30. The van der Waals surface area contributed by atoms with Crippen molar-refractivity contribution in [2.24, 2.45) is 0 Å². The van der Waals surface area contributed by atoms with E-state index in [4.69, 9.17) is 4.42 Å². The van der Waals surface area contributed by atoms with Crippen molar-refractivity contribution in [3.8, 4) is 0 Å². The molecule has 0 saturated heterocycles. The number of rotatable bonds is 3. The van der Waals surface area contributed by atoms with Crippen LogP contribution in [0.1, 0.15) is 22.9 Å². The van der Waals surface area contributed by atoms with Gasteiger partial charge < -0.3 is 9.73 Å². The van der Waals surface area contributed by atoms with E-state index in [0.717, 1.165) is 12.1 Å². The summed E-state index contributed by atoms with van der Waals surface area (Å²) in [4.78, 5) is 15.8. The van der Waals surface area contributed by atoms with Gasteiger partial charge in [0, 0.05) is 12.6 Å². The third-order valence-corrected chi connectivity index (χ3v) is 2.82. The van der Waals surface area contributed by atoms with Gasteiger partial charge in [-0.05, 0) is 31.2 Å². The molecular weight excluding hydrogens is 285 g/mol. The molecule has 4 nitrogen and oxygen atoms in total. The van der Waals surface area contributed by atoms with Crippen molar-refractivity contribution in [2.75, 3.05) is 5.32 Å². The standard InChI is InChI=1S/C14H13F3N2O2/c1-8-12(21-9(2)18-8)7-13(20)19-11-5-3-10(4-6-11)14(15,16)17/h3-6H,7H2,1-2H3,(H,19,20). The number of benzene rings is 1. The van der Waals surface area contributed by atoms with Gasteiger partial charge in [0.25, 0.3) is 0 Å². The smallest absolute Gasteiger partial charge is 0.416 e. The Bertz CT molecular complexity index is 645. The summed E-state index contributed by atoms with van der Waals surface area (Å²) in [6, 6.07) is 4.25. The van der Waals surface area contributed by atoms with Gasteiger partial charge in [0.15, 0.2) is 5.89 Å². The van der Waals surface area contributed by atoms with Crippen LogP contribution in [-0.2, 0) is 17.4 Å². The number of alkyl halides is 3. The van der Waals surface area contributed by atoms with E-state index in [2.05, 4.69) is 10.3 Å². The van der Waals surface area contributed by atoms with Gasteiger partial charge in [-0.1, -0.05) is 0 Å². The highest BCUT2D eigenvalue weighted by Crippen LogP contribution is 2.29. The monoisotopic (exact) mass is 298 g/mol. The molecule has 1 N–H and O–H groups in total. The van der Waals surface area contributed by atoms with Gasteiger partial charge in [-0.3, -0.25) is 4.79 Å². The molecule has 1 aromatic carbocycles. The van der Waals surface area contributed by atoms with Crippen LogP contribution in [0.3, 0.4) is 0 Å². The summed E-state index contributed by atoms with van der Waals surface area (Å²) < 4.78 is 42.5. The predicted molar refractivity (Wildman–Crippen MR) is 69.8 cm³/mol. The van der Waals surface area contributed by atoms with Crippen molar-refractivity contribution >= 4 is 11.6 Å². The molecular formula is C14H13F3N2O2. The number of hydrogen-bond donors (Lipinski definition) is 1. The maximum atomic E-state index is 12.4. The average Bonchev–Trinajstić information content (AvgIpc) is 2.67. The lowest BCUT2D eigenvalue weighted by molar-refractivity contribution is -0.137. The van der Waals surface area contributed by atoms with Gasteiger partial charge >= 0.3 is 6.18 Å². The Balaban J connectivity index is 2.01. The Morgan fingerprint density at radius 1 is 1.24 bits per heavy atom. The summed E-state index contributed by atoms with van der Waals surface area (Å²) in [5, 5.41) is 2.51. The normalized spacial score (nSPS) is 11.5. The van der Waals surface area contributed by atoms with Gasteiger partial charge in [-0.25, -0.2) is 4.98 Å². The Hall–Kier alpha value is -2.31. The molecule has 1 heterocycles. The van der Waals surface area contributed by atoms with Crippen LogP contribution in [0.5, 0.6) is 0 Å². The largest absolute Gasteiger partial charge is 0.445 e. The molecule has 0 aliphatic carbocycles. The topological polar surface area (TPSA) is 55.1 Å². The van der Waals surface area contributed by atoms with Crippen molar-refractivity contribution in [1.82, 2.24) is 4.98 Å². The molecule has 0 saturated carbocycles. The van der Waals surface area contributed by atoms with Gasteiger partial charge in [0.2, 0.25) is 5.91 Å². The van der Waals surface area contributed by atoms with Gasteiger partial charge in [-0.2, -0.15) is 13.2 Å². The van der Waals surface area contributed by atoms with Crippen LogP contribution >= 0.6 is 0 Å². The van der Waals surface area contributed by atoms with Gasteiger partial charge in [-0.15, -0.1) is 0 Å². The summed E-state index contributed by atoms with van der Waals surface area (Å²) in [7, 11) is 0. The first-order valence-corrected chi connectivity index (χ1v) is 6.16. The number of oxazole rings is 1. The second-order valence-corrected chi connectivity index (χ2v) is 4.54. The summed E-state index contributed by atoms with van der Waals surface area (Å²) >= 11 is 0. The molecule has 0 aliphatic rings. The SMILES string of the molecule is Cc1nc(C)c(CC(=O)Nc2ccc(C(F)(F)F)cc2)o1. The van der Waals surface area contributed by atoms with Crippen molar-refractivity contribution < 1.29 is 22.4 Å². The number of carbonyl (C=O) groups is 1. The van der Waals surface area contributed by atoms with Crippen LogP contribution in [0.2, 0.25) is 0 Å². The molecule has 0 unspecified atom stereocenters. The Kier molecular flexibility index (Phi) is 4.02. The Labute approximate surface area is 119 Å². The zero-order chi connectivity index (χ0) is 15.6. The molecule has 2 aromatic rings. The number of nitrogens with zero attached hydrogens (tertiary/aromatic N) is 1. The minimum Gasteiger partial charge on any atom is -0.445 e. The van der Waals surface area contributed by atoms with E-state index in [-0.39, 0.29) is 12.3 Å². The molecule has 7 heteroatoms. The quantitative estimate of drug-likeness (QED) is 0.943. The second-order valence-electron chi connectivity index (χ2n) is 4.54. The summed E-state index contributed by atoms with van der Waals surface area (Å²) in [6.07, 6.45) is -4.41. The van der Waals surface area contributed by atoms with Crippen molar-refractivity contribution in [1.29, 1.82) is 0 Å². The van der Waals surface area contributed by atoms with E-state index < -0.39 is 11.7 Å². The summed E-state index contributed by atoms with van der Waals surface area (Å²) in [6.45, 7) is 3.39. The number of aryl methyl sites for hydroxylation is 2. The molecule has 1 aromatic heterocycles. The first kappa shape index (κ1) is 15.1. The molecule has 112 valence electrons. The first-order valence-electron chi connectivity index (χ1n) is 6.16. The van der Waals surface area contributed by atoms with E-state index in [9.17, 15) is 18.0 Å². The lowest BCUT2D eigenvalue weighted by Gasteiger charge is -2.08. The Morgan fingerprint density at radius 2 is 1.86 bits per heavy atom. The van der Waals surface area contributed by atoms with Crippen molar-refractivity contribution in [3.05, 3.63) is 47.2 Å². The number of hydrogen-bond acceptors (Lipinski definition) is 3. The van der Waals surface area contributed by atoms with E-state index in [1.165, 1.54) is 12.1 Å². The molecule has 1 amide bonds. The zero-order valence-corrected chi connectivity index (χ0v) is 11.4. The average molecular weight is 298 g/mol. The zero-order valence-electron chi connectivity index (χ0n) is 11.4. The Morgan fingerprint density at radius 3 is 2.33 bits per heavy atom. The van der Waals surface area contributed by atoms with Crippen LogP contribution < -0.4 is 5.32 Å². The van der Waals surface area contributed by atoms with Crippen LogP contribution in [0, 0.1) is 13.8 Å². The lowest BCUT2D eigenvalue weighted by atomic mass is 10.2. The maximum Gasteiger partial charge on any atom is 0.416 e. The number of anilines is 1.